The van der Waals surface area contributed by atoms with E-state index in [1.807, 2.05) is 4.90 Å². The minimum absolute atomic E-state index is 0.0959. The summed E-state index contributed by atoms with van der Waals surface area (Å²) in [6.45, 7) is 8.06. The summed E-state index contributed by atoms with van der Waals surface area (Å²) in [5.41, 5.74) is 1.21. The normalized spacial score (nSPS) is 25.1. The number of likely N-dealkylation sites (tertiary alicyclic amines) is 2. The van der Waals surface area contributed by atoms with E-state index in [-0.39, 0.29) is 5.91 Å². The van der Waals surface area contributed by atoms with E-state index in [1.54, 1.807) is 0 Å². The van der Waals surface area contributed by atoms with Crippen molar-refractivity contribution in [1.29, 1.82) is 0 Å². The second-order valence-corrected chi connectivity index (χ2v) is 9.23. The van der Waals surface area contributed by atoms with Gasteiger partial charge in [0.2, 0.25) is 0 Å². The largest absolute Gasteiger partial charge is 0.379 e. The van der Waals surface area contributed by atoms with E-state index >= 15 is 0 Å². The number of benzene rings is 1. The summed E-state index contributed by atoms with van der Waals surface area (Å²) in [5, 5.41) is 11.2. The van der Waals surface area contributed by atoms with Gasteiger partial charge in [-0.1, -0.05) is 38.1 Å². The highest BCUT2D eigenvalue weighted by Gasteiger charge is 2.43. The molecule has 0 bridgehead atoms. The van der Waals surface area contributed by atoms with E-state index in [9.17, 15) is 9.90 Å². The van der Waals surface area contributed by atoms with Crippen molar-refractivity contribution in [1.82, 2.24) is 14.7 Å². The first-order valence-corrected chi connectivity index (χ1v) is 10.8. The molecule has 2 aliphatic heterocycles. The van der Waals surface area contributed by atoms with Crippen molar-refractivity contribution in [3.8, 4) is 0 Å². The Morgan fingerprint density at radius 2 is 1.79 bits per heavy atom. The van der Waals surface area contributed by atoms with Crippen LogP contribution in [0.3, 0.4) is 0 Å². The van der Waals surface area contributed by atoms with Gasteiger partial charge in [0.1, 0.15) is 0 Å². The van der Waals surface area contributed by atoms with E-state index in [0.717, 1.165) is 44.5 Å². The van der Waals surface area contributed by atoms with Gasteiger partial charge in [-0.2, -0.15) is 0 Å². The molecular weight excluding hydrogens is 350 g/mol. The van der Waals surface area contributed by atoms with Crippen LogP contribution in [0.5, 0.6) is 0 Å². The average Bonchev–Trinajstić information content (AvgIpc) is 2.66. The van der Waals surface area contributed by atoms with Crippen molar-refractivity contribution in [2.75, 3.05) is 40.3 Å². The fourth-order valence-electron chi connectivity index (χ4n) is 4.55. The van der Waals surface area contributed by atoms with Gasteiger partial charge >= 0.3 is 0 Å². The van der Waals surface area contributed by atoms with Crippen LogP contribution in [0.1, 0.15) is 56.6 Å². The zero-order valence-corrected chi connectivity index (χ0v) is 18.0. The topological polar surface area (TPSA) is 47.0 Å². The Labute approximate surface area is 170 Å². The van der Waals surface area contributed by atoms with Crippen molar-refractivity contribution >= 4 is 5.91 Å². The van der Waals surface area contributed by atoms with E-state index in [0.29, 0.717) is 31.5 Å². The maximum atomic E-state index is 13.1. The first-order chi connectivity index (χ1) is 13.3. The third kappa shape index (κ3) is 4.94. The number of piperidine rings is 2. The number of aliphatic hydroxyl groups is 1. The number of hydrogen-bond donors (Lipinski definition) is 1. The number of hydrogen-bond acceptors (Lipinski definition) is 4. The van der Waals surface area contributed by atoms with Gasteiger partial charge in [-0.15, -0.1) is 0 Å². The fourth-order valence-corrected chi connectivity index (χ4v) is 4.55. The lowest BCUT2D eigenvalue weighted by atomic mass is 9.89. The summed E-state index contributed by atoms with van der Waals surface area (Å²) in [4.78, 5) is 19.5. The van der Waals surface area contributed by atoms with Gasteiger partial charge in [0.05, 0.1) is 0 Å². The highest BCUT2D eigenvalue weighted by molar-refractivity contribution is 5.86. The van der Waals surface area contributed by atoms with E-state index < -0.39 is 5.60 Å². The number of carbonyl (C=O) groups is 1. The summed E-state index contributed by atoms with van der Waals surface area (Å²) in [5.74, 6) is 0.411. The van der Waals surface area contributed by atoms with Crippen LogP contribution >= 0.6 is 0 Å². The fraction of sp³-hybridized carbons (Fsp3) is 0.696. The molecule has 28 heavy (non-hydrogen) atoms. The Hall–Kier alpha value is -1.43. The van der Waals surface area contributed by atoms with Crippen LogP contribution in [-0.2, 0) is 11.3 Å². The highest BCUT2D eigenvalue weighted by atomic mass is 16.3. The van der Waals surface area contributed by atoms with Crippen molar-refractivity contribution in [3.63, 3.8) is 0 Å². The molecule has 2 saturated heterocycles. The lowest BCUT2D eigenvalue weighted by molar-refractivity contribution is -0.160. The molecule has 1 atom stereocenters. The molecular formula is C23H37N3O2. The maximum Gasteiger partial charge on any atom is 0.256 e. The molecule has 1 N–H and O–H groups in total. The Kier molecular flexibility index (Phi) is 6.79. The van der Waals surface area contributed by atoms with Gasteiger partial charge in [0.25, 0.3) is 5.91 Å². The van der Waals surface area contributed by atoms with E-state index in [2.05, 4.69) is 62.0 Å². The third-order valence-electron chi connectivity index (χ3n) is 6.50. The van der Waals surface area contributed by atoms with Gasteiger partial charge in [-0.05, 0) is 69.9 Å². The zero-order valence-electron chi connectivity index (χ0n) is 18.0. The minimum Gasteiger partial charge on any atom is -0.379 e. The predicted molar refractivity (Wildman–Crippen MR) is 113 cm³/mol. The summed E-state index contributed by atoms with van der Waals surface area (Å²) < 4.78 is 0. The maximum absolute atomic E-state index is 13.1. The van der Waals surface area contributed by atoms with Gasteiger partial charge < -0.3 is 14.9 Å². The molecule has 0 saturated carbocycles. The first-order valence-electron chi connectivity index (χ1n) is 10.8. The molecule has 0 radical (unpaired) electrons. The van der Waals surface area contributed by atoms with Gasteiger partial charge in [0, 0.05) is 25.7 Å². The molecule has 2 aliphatic rings. The SMILES string of the molecule is CC(C)c1ccc(CN2CCCC(O)(CN3CCC(N(C)C)CC3)C2=O)cc1. The van der Waals surface area contributed by atoms with Crippen LogP contribution in [0.4, 0.5) is 0 Å². The second-order valence-electron chi connectivity index (χ2n) is 9.23. The van der Waals surface area contributed by atoms with Crippen LogP contribution in [0.15, 0.2) is 24.3 Å². The number of carbonyl (C=O) groups excluding carboxylic acids is 1. The average molecular weight is 388 g/mol. The molecule has 1 aromatic rings. The molecule has 3 rings (SSSR count). The molecule has 0 aliphatic carbocycles. The molecule has 5 heteroatoms. The summed E-state index contributed by atoms with van der Waals surface area (Å²) in [7, 11) is 4.26. The number of rotatable bonds is 6. The monoisotopic (exact) mass is 387 g/mol. The van der Waals surface area contributed by atoms with Crippen LogP contribution in [0, 0.1) is 0 Å². The predicted octanol–water partition coefficient (Wildman–Crippen LogP) is 2.69. The highest BCUT2D eigenvalue weighted by Crippen LogP contribution is 2.27. The van der Waals surface area contributed by atoms with Gasteiger partial charge in [-0.3, -0.25) is 9.69 Å². The number of β-amino-alcohol motifs (C(OH)–C–C–N with tert-alkyl or cyclic N) is 1. The smallest absolute Gasteiger partial charge is 0.256 e. The second kappa shape index (κ2) is 8.93. The van der Waals surface area contributed by atoms with Crippen LogP contribution in [0.25, 0.3) is 0 Å². The molecule has 1 unspecified atom stereocenters. The third-order valence-corrected chi connectivity index (χ3v) is 6.50. The summed E-state index contributed by atoms with van der Waals surface area (Å²) in [6.07, 6.45) is 3.63. The quantitative estimate of drug-likeness (QED) is 0.815. The van der Waals surface area contributed by atoms with Crippen LogP contribution < -0.4 is 0 Å². The first kappa shape index (κ1) is 21.3. The van der Waals surface area contributed by atoms with Crippen molar-refractivity contribution < 1.29 is 9.90 Å². The lowest BCUT2D eigenvalue weighted by Gasteiger charge is -2.43. The molecule has 5 nitrogen and oxygen atoms in total. The lowest BCUT2D eigenvalue weighted by Crippen LogP contribution is -2.59. The Bertz CT molecular complexity index is 650. The Morgan fingerprint density at radius 1 is 1.14 bits per heavy atom. The Balaban J connectivity index is 1.59. The van der Waals surface area contributed by atoms with Gasteiger partial charge in [-0.25, -0.2) is 0 Å². The van der Waals surface area contributed by atoms with E-state index in [4.69, 9.17) is 0 Å². The molecule has 2 heterocycles. The van der Waals surface area contributed by atoms with Crippen molar-refractivity contribution in [3.05, 3.63) is 35.4 Å². The minimum atomic E-state index is -1.24. The van der Waals surface area contributed by atoms with Gasteiger partial charge in [0.15, 0.2) is 5.60 Å². The molecule has 0 spiro atoms. The summed E-state index contributed by atoms with van der Waals surface area (Å²) in [6, 6.07) is 9.13. The zero-order chi connectivity index (χ0) is 20.3. The van der Waals surface area contributed by atoms with Crippen LogP contribution in [-0.4, -0.2) is 77.6 Å². The molecule has 0 aromatic heterocycles. The molecule has 1 amide bonds. The van der Waals surface area contributed by atoms with E-state index in [1.165, 1.54) is 5.56 Å². The molecule has 2 fully saturated rings. The van der Waals surface area contributed by atoms with Crippen molar-refractivity contribution in [2.45, 2.75) is 63.6 Å². The number of nitrogens with zero attached hydrogens (tertiary/aromatic N) is 3. The molecule has 156 valence electrons. The standard InChI is InChI=1S/C23H37N3O2/c1-18(2)20-8-6-19(7-9-20)16-26-13-5-12-23(28,22(26)27)17-25-14-10-21(11-15-25)24(3)4/h6-9,18,21,28H,5,10-17H2,1-4H3. The summed E-state index contributed by atoms with van der Waals surface area (Å²) >= 11 is 0. The van der Waals surface area contributed by atoms with Crippen molar-refractivity contribution in [2.24, 2.45) is 0 Å². The Morgan fingerprint density at radius 3 is 2.36 bits per heavy atom. The molecule has 1 aromatic carbocycles. The van der Waals surface area contributed by atoms with Crippen LogP contribution in [0.2, 0.25) is 0 Å². The number of amides is 1.